The average Bonchev–Trinajstić information content (AvgIpc) is 3.65. The third-order valence-corrected chi connectivity index (χ3v) is 12.0. The minimum absolute atomic E-state index is 0.00330. The normalized spacial score (nSPS) is 31.9. The Morgan fingerprint density at radius 2 is 1.77 bits per heavy atom. The van der Waals surface area contributed by atoms with E-state index < -0.39 is 28.3 Å². The van der Waals surface area contributed by atoms with Crippen LogP contribution in [0.5, 0.6) is 17.2 Å². The van der Waals surface area contributed by atoms with Crippen molar-refractivity contribution in [2.45, 2.75) is 129 Å². The zero-order valence-corrected chi connectivity index (χ0v) is 31.9. The predicted molar refractivity (Wildman–Crippen MR) is 199 cm³/mol. The number of allylic oxidation sites excluding steroid dienone is 5. The van der Waals surface area contributed by atoms with E-state index in [2.05, 4.69) is 31.3 Å². The highest BCUT2D eigenvalue weighted by Gasteiger charge is 2.81. The first-order valence-corrected chi connectivity index (χ1v) is 18.9. The second kappa shape index (κ2) is 12.9. The van der Waals surface area contributed by atoms with E-state index in [0.29, 0.717) is 60.4 Å². The van der Waals surface area contributed by atoms with Gasteiger partial charge in [0.05, 0.1) is 17.3 Å². The largest absolute Gasteiger partial charge is 0.506 e. The highest BCUT2D eigenvalue weighted by Crippen LogP contribution is 2.68. The van der Waals surface area contributed by atoms with Crippen molar-refractivity contribution >= 4 is 23.5 Å². The van der Waals surface area contributed by atoms with Gasteiger partial charge in [-0.25, -0.2) is 0 Å². The third kappa shape index (κ3) is 5.61. The Labute approximate surface area is 307 Å². The summed E-state index contributed by atoms with van der Waals surface area (Å²) in [7, 11) is 0. The zero-order chi connectivity index (χ0) is 37.4. The molecule has 7 aliphatic rings. The molecule has 8 rings (SSSR count). The Balaban J connectivity index is 1.34. The molecule has 9 heteroatoms. The highest BCUT2D eigenvalue weighted by atomic mass is 16.6. The number of carbonyl (C=O) groups excluding carboxylic acids is 3. The topological polar surface area (TPSA) is 120 Å². The Kier molecular flexibility index (Phi) is 9.01. The Bertz CT molecular complexity index is 1880. The minimum atomic E-state index is -1.57. The molecular weight excluding hydrogens is 658 g/mol. The molecule has 4 aliphatic heterocycles. The van der Waals surface area contributed by atoms with Crippen LogP contribution in [0.3, 0.4) is 0 Å². The summed E-state index contributed by atoms with van der Waals surface area (Å²) in [6, 6.07) is 0. The number of phenolic OH excluding ortho intramolecular Hbond substituents is 1. The van der Waals surface area contributed by atoms with Gasteiger partial charge >= 0.3 is 0 Å². The van der Waals surface area contributed by atoms with Gasteiger partial charge in [-0.15, -0.1) is 0 Å². The number of hydrogen-bond acceptors (Lipinski definition) is 8. The van der Waals surface area contributed by atoms with E-state index in [0.717, 1.165) is 24.8 Å². The third-order valence-electron chi connectivity index (χ3n) is 12.0. The molecule has 52 heavy (non-hydrogen) atoms. The molecule has 4 heterocycles. The van der Waals surface area contributed by atoms with Gasteiger partial charge in [-0.3, -0.25) is 14.4 Å². The molecule has 0 radical (unpaired) electrons. The molecule has 1 amide bonds. The predicted octanol–water partition coefficient (Wildman–Crippen LogP) is 7.45. The number of phenols is 1. The molecule has 1 spiro atoms. The maximum atomic E-state index is 14.9. The van der Waals surface area contributed by atoms with Crippen molar-refractivity contribution in [1.29, 1.82) is 0 Å². The fourth-order valence-electron chi connectivity index (χ4n) is 9.33. The zero-order valence-electron chi connectivity index (χ0n) is 31.9. The van der Waals surface area contributed by atoms with E-state index in [4.69, 9.17) is 18.9 Å². The van der Waals surface area contributed by atoms with E-state index >= 15 is 0 Å². The number of benzene rings is 1. The lowest BCUT2D eigenvalue weighted by atomic mass is 9.51. The van der Waals surface area contributed by atoms with Crippen molar-refractivity contribution in [1.82, 2.24) is 5.32 Å². The quantitative estimate of drug-likeness (QED) is 0.190. The van der Waals surface area contributed by atoms with E-state index in [1.54, 1.807) is 19.1 Å². The molecule has 1 aromatic rings. The highest BCUT2D eigenvalue weighted by molar-refractivity contribution is 6.19. The maximum absolute atomic E-state index is 14.9. The number of ether oxygens (including phenoxy) is 4. The lowest BCUT2D eigenvalue weighted by Gasteiger charge is -2.56. The van der Waals surface area contributed by atoms with Gasteiger partial charge in [-0.05, 0) is 106 Å². The van der Waals surface area contributed by atoms with Gasteiger partial charge in [-0.2, -0.15) is 0 Å². The summed E-state index contributed by atoms with van der Waals surface area (Å²) in [4.78, 5) is 42.8. The van der Waals surface area contributed by atoms with Gasteiger partial charge in [-0.1, -0.05) is 35.5 Å². The Hall–Kier alpha value is -3.95. The molecule has 1 saturated carbocycles. The van der Waals surface area contributed by atoms with Gasteiger partial charge in [0, 0.05) is 48.1 Å². The Morgan fingerprint density at radius 1 is 1.02 bits per heavy atom. The van der Waals surface area contributed by atoms with Crippen LogP contribution in [0.2, 0.25) is 0 Å². The number of amides is 1. The molecule has 2 N–H and O–H groups in total. The van der Waals surface area contributed by atoms with Crippen LogP contribution < -0.4 is 14.8 Å². The molecule has 4 bridgehead atoms. The van der Waals surface area contributed by atoms with Crippen molar-refractivity contribution in [3.63, 3.8) is 0 Å². The molecule has 2 saturated heterocycles. The van der Waals surface area contributed by atoms with Crippen LogP contribution in [0.15, 0.2) is 52.7 Å². The van der Waals surface area contributed by atoms with Crippen LogP contribution in [0.25, 0.3) is 6.08 Å². The number of carbonyl (C=O) groups is 3. The number of fused-ring (bicyclic) bond motifs is 2. The number of aromatic hydroxyl groups is 1. The summed E-state index contributed by atoms with van der Waals surface area (Å²) >= 11 is 0. The minimum Gasteiger partial charge on any atom is -0.506 e. The Morgan fingerprint density at radius 3 is 2.46 bits per heavy atom. The van der Waals surface area contributed by atoms with Crippen LogP contribution in [-0.2, 0) is 25.5 Å². The molecule has 278 valence electrons. The fourth-order valence-corrected chi connectivity index (χ4v) is 9.33. The lowest BCUT2D eigenvalue weighted by Crippen LogP contribution is -2.72. The van der Waals surface area contributed by atoms with Crippen molar-refractivity contribution in [2.75, 3.05) is 13.2 Å². The molecule has 0 aromatic heterocycles. The first-order valence-electron chi connectivity index (χ1n) is 18.9. The fraction of sp³-hybridized carbons (Fsp3) is 0.558. The van der Waals surface area contributed by atoms with E-state index in [1.165, 1.54) is 5.57 Å². The number of ketones is 2. The van der Waals surface area contributed by atoms with Crippen LogP contribution in [0.4, 0.5) is 0 Å². The van der Waals surface area contributed by atoms with Gasteiger partial charge < -0.3 is 29.4 Å². The van der Waals surface area contributed by atoms with Gasteiger partial charge in [0.1, 0.15) is 28.4 Å². The van der Waals surface area contributed by atoms with Crippen molar-refractivity contribution in [3.05, 3.63) is 69.4 Å². The lowest BCUT2D eigenvalue weighted by molar-refractivity contribution is -0.171. The number of Topliss-reactive ketones (excluding diaryl/α,β-unsaturated/α-hetero) is 2. The molecular formula is C43H53NO8. The molecule has 3 aliphatic carbocycles. The second-order valence-corrected chi connectivity index (χ2v) is 16.8. The van der Waals surface area contributed by atoms with Crippen molar-refractivity contribution in [3.8, 4) is 17.2 Å². The summed E-state index contributed by atoms with van der Waals surface area (Å²) < 4.78 is 26.7. The van der Waals surface area contributed by atoms with E-state index in [-0.39, 0.29) is 53.0 Å². The summed E-state index contributed by atoms with van der Waals surface area (Å²) in [6.07, 6.45) is 15.8. The molecule has 6 unspecified atom stereocenters. The summed E-state index contributed by atoms with van der Waals surface area (Å²) in [5.74, 6) is -1.17. The van der Waals surface area contributed by atoms with Gasteiger partial charge in [0.2, 0.25) is 5.91 Å². The van der Waals surface area contributed by atoms with Crippen LogP contribution in [0.1, 0.15) is 115 Å². The first-order chi connectivity index (χ1) is 24.5. The first kappa shape index (κ1) is 36.4. The molecule has 9 nitrogen and oxygen atoms in total. The van der Waals surface area contributed by atoms with Crippen LogP contribution >= 0.6 is 0 Å². The van der Waals surface area contributed by atoms with Crippen molar-refractivity contribution < 1.29 is 38.4 Å². The maximum Gasteiger partial charge on any atom is 0.246 e. The standard InChI is InChI=1S/C43H53NO8/c1-24(2)11-9-17-41(8)18-16-29-34(45)33-35(46)31-21-27-22-32-40(6,7)52-42(38(27)47,19-15-26(5)39(48)44-23-28-12-10-20-49-28)43(31,32)51-37(33)30(36(29)50-41)14-13-25(3)4/h11,13,15-16,18,21,27-28,32,45H,9-10,12,14,17,19-20,22-23H2,1-8H3,(H,44,48)/b26-15-. The monoisotopic (exact) mass is 711 g/mol. The van der Waals surface area contributed by atoms with Gasteiger partial charge in [0.25, 0.3) is 0 Å². The van der Waals surface area contributed by atoms with Gasteiger partial charge in [0.15, 0.2) is 22.8 Å². The van der Waals surface area contributed by atoms with E-state index in [1.807, 2.05) is 46.8 Å². The van der Waals surface area contributed by atoms with Crippen molar-refractivity contribution in [2.24, 2.45) is 11.8 Å². The molecule has 3 fully saturated rings. The number of hydrogen-bond donors (Lipinski definition) is 2. The summed E-state index contributed by atoms with van der Waals surface area (Å²) in [6.45, 7) is 16.9. The van der Waals surface area contributed by atoms with Crippen LogP contribution in [-0.4, -0.2) is 64.2 Å². The molecule has 1 aromatic carbocycles. The smallest absolute Gasteiger partial charge is 0.246 e. The summed E-state index contributed by atoms with van der Waals surface area (Å²) in [5, 5.41) is 14.9. The van der Waals surface area contributed by atoms with E-state index in [9.17, 15) is 19.5 Å². The number of rotatable bonds is 10. The second-order valence-electron chi connectivity index (χ2n) is 16.8. The van der Waals surface area contributed by atoms with Crippen LogP contribution in [0, 0.1) is 11.8 Å². The average molecular weight is 712 g/mol. The molecule has 6 atom stereocenters. The summed E-state index contributed by atoms with van der Waals surface area (Å²) in [5.41, 5.74) is -0.294. The SMILES string of the molecule is CC(C)=CCCC1(C)C=Cc2c(O)c3c(c(CC=C(C)C)c2O1)OC12C(=CC4CC1C(C)(C)OC2(C/C=C(/C)C(=O)NCC1CCCO1)C4=O)C3=O. The number of nitrogens with one attached hydrogen (secondary N) is 1.